The Kier molecular flexibility index (Phi) is 6.02. The Morgan fingerprint density at radius 3 is 2.56 bits per heavy atom. The van der Waals surface area contributed by atoms with E-state index in [2.05, 4.69) is 20.4 Å². The van der Waals surface area contributed by atoms with Gasteiger partial charge in [0.05, 0.1) is 32.4 Å². The van der Waals surface area contributed by atoms with Gasteiger partial charge in [-0.3, -0.25) is 4.79 Å². The number of amides is 1. The molecule has 0 saturated carbocycles. The number of carbonyl (C=O) groups is 1. The van der Waals surface area contributed by atoms with Crippen LogP contribution in [0.25, 0.3) is 16.9 Å². The molecule has 1 atom stereocenters. The van der Waals surface area contributed by atoms with Crippen molar-refractivity contribution in [2.75, 3.05) is 14.2 Å². The summed E-state index contributed by atoms with van der Waals surface area (Å²) < 4.78 is 12.1. The molecule has 0 unspecified atom stereocenters. The molecule has 8 heteroatoms. The van der Waals surface area contributed by atoms with Gasteiger partial charge < -0.3 is 14.8 Å². The van der Waals surface area contributed by atoms with Gasteiger partial charge in [0, 0.05) is 11.6 Å². The molecule has 0 aliphatic heterocycles. The number of methoxy groups -OCH3 is 2. The SMILES string of the molecule is COc1ccc(-c2cc3nc([C@@H](C)NC(=O)Cc4ccc(OC)c(C)c4)nn3cn2)cc1. The van der Waals surface area contributed by atoms with E-state index in [1.807, 2.05) is 62.4 Å². The molecule has 1 amide bonds. The van der Waals surface area contributed by atoms with E-state index in [0.717, 1.165) is 33.9 Å². The van der Waals surface area contributed by atoms with Crippen LogP contribution in [-0.4, -0.2) is 39.7 Å². The first-order chi connectivity index (χ1) is 15.5. The van der Waals surface area contributed by atoms with E-state index in [0.29, 0.717) is 11.5 Å². The molecule has 0 fully saturated rings. The van der Waals surface area contributed by atoms with Gasteiger partial charge in [0.15, 0.2) is 11.5 Å². The maximum Gasteiger partial charge on any atom is 0.224 e. The highest BCUT2D eigenvalue weighted by Crippen LogP contribution is 2.22. The second-order valence-corrected chi connectivity index (χ2v) is 7.55. The Hall–Kier alpha value is -3.94. The van der Waals surface area contributed by atoms with Crippen molar-refractivity contribution in [2.24, 2.45) is 0 Å². The fourth-order valence-corrected chi connectivity index (χ4v) is 3.51. The molecule has 0 radical (unpaired) electrons. The van der Waals surface area contributed by atoms with Gasteiger partial charge >= 0.3 is 0 Å². The molecule has 4 aromatic rings. The molecule has 0 spiro atoms. The minimum atomic E-state index is -0.341. The fourth-order valence-electron chi connectivity index (χ4n) is 3.51. The van der Waals surface area contributed by atoms with Crippen LogP contribution in [0.4, 0.5) is 0 Å². The molecule has 8 nitrogen and oxygen atoms in total. The van der Waals surface area contributed by atoms with Crippen LogP contribution in [0.1, 0.15) is 29.9 Å². The first kappa shape index (κ1) is 21.3. The van der Waals surface area contributed by atoms with Crippen molar-refractivity contribution in [1.82, 2.24) is 24.9 Å². The number of aromatic nitrogens is 4. The zero-order valence-electron chi connectivity index (χ0n) is 18.5. The van der Waals surface area contributed by atoms with E-state index >= 15 is 0 Å². The van der Waals surface area contributed by atoms with Gasteiger partial charge in [-0.25, -0.2) is 14.5 Å². The number of hydrogen-bond donors (Lipinski definition) is 1. The maximum atomic E-state index is 12.5. The van der Waals surface area contributed by atoms with Crippen LogP contribution in [-0.2, 0) is 11.2 Å². The summed E-state index contributed by atoms with van der Waals surface area (Å²) in [5.41, 5.74) is 4.31. The van der Waals surface area contributed by atoms with E-state index in [4.69, 9.17) is 9.47 Å². The van der Waals surface area contributed by atoms with E-state index in [-0.39, 0.29) is 18.4 Å². The maximum absolute atomic E-state index is 12.5. The van der Waals surface area contributed by atoms with Crippen molar-refractivity contribution in [1.29, 1.82) is 0 Å². The Morgan fingerprint density at radius 1 is 1.09 bits per heavy atom. The third-order valence-corrected chi connectivity index (χ3v) is 5.22. The van der Waals surface area contributed by atoms with Crippen molar-refractivity contribution in [3.8, 4) is 22.8 Å². The number of nitrogens with zero attached hydrogens (tertiary/aromatic N) is 4. The minimum Gasteiger partial charge on any atom is -0.497 e. The monoisotopic (exact) mass is 431 g/mol. The molecule has 4 rings (SSSR count). The molecule has 1 N–H and O–H groups in total. The van der Waals surface area contributed by atoms with Crippen LogP contribution >= 0.6 is 0 Å². The summed E-state index contributed by atoms with van der Waals surface area (Å²) in [6.07, 6.45) is 1.89. The number of carbonyl (C=O) groups excluding carboxylic acids is 1. The van der Waals surface area contributed by atoms with Gasteiger partial charge in [0.25, 0.3) is 0 Å². The number of hydrogen-bond acceptors (Lipinski definition) is 6. The lowest BCUT2D eigenvalue weighted by Crippen LogP contribution is -2.28. The number of aryl methyl sites for hydroxylation is 1. The largest absolute Gasteiger partial charge is 0.497 e. The van der Waals surface area contributed by atoms with Gasteiger partial charge in [0.2, 0.25) is 5.91 Å². The second kappa shape index (κ2) is 9.05. The summed E-state index contributed by atoms with van der Waals surface area (Å²) in [7, 11) is 3.27. The number of rotatable bonds is 7. The molecule has 164 valence electrons. The molecule has 2 aromatic carbocycles. The Morgan fingerprint density at radius 2 is 1.88 bits per heavy atom. The topological polar surface area (TPSA) is 90.6 Å². The highest BCUT2D eigenvalue weighted by Gasteiger charge is 2.16. The van der Waals surface area contributed by atoms with Gasteiger partial charge in [-0.15, -0.1) is 5.10 Å². The molecule has 32 heavy (non-hydrogen) atoms. The first-order valence-corrected chi connectivity index (χ1v) is 10.3. The molecular weight excluding hydrogens is 406 g/mol. The summed E-state index contributed by atoms with van der Waals surface area (Å²) in [6, 6.07) is 14.9. The summed E-state index contributed by atoms with van der Waals surface area (Å²) in [4.78, 5) is 21.6. The fraction of sp³-hybridized carbons (Fsp3) is 0.250. The molecule has 2 aromatic heterocycles. The molecule has 0 aliphatic carbocycles. The first-order valence-electron chi connectivity index (χ1n) is 10.3. The average molecular weight is 431 g/mol. The zero-order valence-corrected chi connectivity index (χ0v) is 18.5. The predicted octanol–water partition coefficient (Wildman–Crippen LogP) is 3.54. The number of nitrogens with one attached hydrogen (secondary N) is 1. The number of ether oxygens (including phenoxy) is 2. The lowest BCUT2D eigenvalue weighted by molar-refractivity contribution is -0.121. The summed E-state index contributed by atoms with van der Waals surface area (Å²) in [5, 5.41) is 7.43. The van der Waals surface area contributed by atoms with Crippen molar-refractivity contribution >= 4 is 11.6 Å². The van der Waals surface area contributed by atoms with Crippen LogP contribution in [0.3, 0.4) is 0 Å². The Balaban J connectivity index is 1.46. The van der Waals surface area contributed by atoms with Crippen molar-refractivity contribution in [2.45, 2.75) is 26.3 Å². The van der Waals surface area contributed by atoms with Crippen molar-refractivity contribution in [3.63, 3.8) is 0 Å². The summed E-state index contributed by atoms with van der Waals surface area (Å²) >= 11 is 0. The number of fused-ring (bicyclic) bond motifs is 1. The number of benzene rings is 2. The lowest BCUT2D eigenvalue weighted by Gasteiger charge is -2.11. The van der Waals surface area contributed by atoms with E-state index < -0.39 is 0 Å². The van der Waals surface area contributed by atoms with Crippen molar-refractivity contribution < 1.29 is 14.3 Å². The van der Waals surface area contributed by atoms with Crippen LogP contribution in [0.2, 0.25) is 0 Å². The smallest absolute Gasteiger partial charge is 0.224 e. The van der Waals surface area contributed by atoms with Crippen LogP contribution in [0.15, 0.2) is 54.9 Å². The molecule has 0 aliphatic rings. The normalized spacial score (nSPS) is 11.9. The van der Waals surface area contributed by atoms with Gasteiger partial charge in [-0.1, -0.05) is 12.1 Å². The molecule has 0 saturated heterocycles. The minimum absolute atomic E-state index is 0.0991. The third-order valence-electron chi connectivity index (χ3n) is 5.22. The highest BCUT2D eigenvalue weighted by atomic mass is 16.5. The zero-order chi connectivity index (χ0) is 22.7. The van der Waals surface area contributed by atoms with E-state index in [9.17, 15) is 4.79 Å². The van der Waals surface area contributed by atoms with Gasteiger partial charge in [-0.05, 0) is 55.3 Å². The Labute approximate surface area is 186 Å². The average Bonchev–Trinajstić information content (AvgIpc) is 3.23. The highest BCUT2D eigenvalue weighted by molar-refractivity contribution is 5.79. The van der Waals surface area contributed by atoms with Gasteiger partial charge in [0.1, 0.15) is 17.8 Å². The predicted molar refractivity (Wildman–Crippen MR) is 121 cm³/mol. The van der Waals surface area contributed by atoms with Crippen LogP contribution in [0, 0.1) is 6.92 Å². The Bertz CT molecular complexity index is 1250. The second-order valence-electron chi connectivity index (χ2n) is 7.55. The molecule has 0 bridgehead atoms. The summed E-state index contributed by atoms with van der Waals surface area (Å²) in [5.74, 6) is 2.02. The molecular formula is C24H25N5O3. The van der Waals surface area contributed by atoms with Gasteiger partial charge in [-0.2, -0.15) is 0 Å². The third kappa shape index (κ3) is 4.54. The molecule has 2 heterocycles. The van der Waals surface area contributed by atoms with E-state index in [1.54, 1.807) is 25.1 Å². The summed E-state index contributed by atoms with van der Waals surface area (Å²) in [6.45, 7) is 3.82. The van der Waals surface area contributed by atoms with E-state index in [1.165, 1.54) is 0 Å². The quantitative estimate of drug-likeness (QED) is 0.481. The lowest BCUT2D eigenvalue weighted by atomic mass is 10.1. The van der Waals surface area contributed by atoms with Crippen molar-refractivity contribution in [3.05, 3.63) is 71.8 Å². The van der Waals surface area contributed by atoms with Crippen LogP contribution in [0.5, 0.6) is 11.5 Å². The van der Waals surface area contributed by atoms with Crippen LogP contribution < -0.4 is 14.8 Å². The standard InChI is InChI=1S/C24H25N5O3/c1-15-11-17(5-10-21(15)32-4)12-23(30)26-16(2)24-27-22-13-20(25-14-29(22)28-24)18-6-8-19(31-3)9-7-18/h5-11,13-14,16H,12H2,1-4H3,(H,26,30)/t16-/m1/s1.